The first kappa shape index (κ1) is 26.9. The van der Waals surface area contributed by atoms with Gasteiger partial charge in [-0.05, 0) is 38.3 Å². The van der Waals surface area contributed by atoms with Gasteiger partial charge in [0.05, 0.1) is 19.8 Å². The van der Waals surface area contributed by atoms with Crippen LogP contribution in [0, 0.1) is 0 Å². The van der Waals surface area contributed by atoms with Crippen LogP contribution in [-0.2, 0) is 4.74 Å². The Morgan fingerprint density at radius 1 is 1.03 bits per heavy atom. The maximum Gasteiger partial charge on any atom is 0.251 e. The second kappa shape index (κ2) is 14.7. The summed E-state index contributed by atoms with van der Waals surface area (Å²) >= 11 is 0. The van der Waals surface area contributed by atoms with E-state index in [0.717, 1.165) is 58.3 Å². The van der Waals surface area contributed by atoms with Gasteiger partial charge in [0.15, 0.2) is 5.96 Å². The molecule has 1 saturated carbocycles. The lowest BCUT2D eigenvalue weighted by Gasteiger charge is -2.47. The molecule has 0 bridgehead atoms. The first-order valence-electron chi connectivity index (χ1n) is 11.9. The zero-order chi connectivity index (χ0) is 21.8. The molecule has 3 N–H and O–H groups in total. The Morgan fingerprint density at radius 3 is 2.41 bits per heavy atom. The summed E-state index contributed by atoms with van der Waals surface area (Å²) in [4.78, 5) is 19.7. The van der Waals surface area contributed by atoms with E-state index in [2.05, 4.69) is 27.8 Å². The molecule has 0 aromatic heterocycles. The molecule has 1 aliphatic heterocycles. The molecule has 8 heteroatoms. The Bertz CT molecular complexity index is 689. The lowest BCUT2D eigenvalue weighted by molar-refractivity contribution is -0.0333. The van der Waals surface area contributed by atoms with E-state index < -0.39 is 0 Å². The predicted molar refractivity (Wildman–Crippen MR) is 141 cm³/mol. The van der Waals surface area contributed by atoms with Crippen molar-refractivity contribution in [3.05, 3.63) is 35.9 Å². The normalized spacial score (nSPS) is 19.0. The van der Waals surface area contributed by atoms with Crippen LogP contribution in [0.5, 0.6) is 0 Å². The molecule has 2 fully saturated rings. The van der Waals surface area contributed by atoms with Gasteiger partial charge in [-0.2, -0.15) is 0 Å². The highest BCUT2D eigenvalue weighted by molar-refractivity contribution is 14.0. The van der Waals surface area contributed by atoms with E-state index in [1.165, 1.54) is 32.1 Å². The lowest BCUT2D eigenvalue weighted by Crippen LogP contribution is -2.56. The van der Waals surface area contributed by atoms with E-state index in [9.17, 15) is 4.79 Å². The third kappa shape index (κ3) is 8.19. The van der Waals surface area contributed by atoms with Gasteiger partial charge in [0.2, 0.25) is 0 Å². The minimum Gasteiger partial charge on any atom is -0.379 e. The molecule has 1 aromatic carbocycles. The number of nitrogens with zero attached hydrogens (tertiary/aromatic N) is 2. The zero-order valence-electron chi connectivity index (χ0n) is 19.4. The van der Waals surface area contributed by atoms with Crippen LogP contribution in [0.3, 0.4) is 0 Å². The van der Waals surface area contributed by atoms with Crippen molar-refractivity contribution in [2.45, 2.75) is 51.0 Å². The fraction of sp³-hybridized carbons (Fsp3) is 0.667. The van der Waals surface area contributed by atoms with Crippen molar-refractivity contribution in [1.82, 2.24) is 20.9 Å². The average Bonchev–Trinajstić information content (AvgIpc) is 2.84. The molecule has 1 saturated heterocycles. The number of aliphatic imine (C=N–C) groups is 1. The summed E-state index contributed by atoms with van der Waals surface area (Å²) < 4.78 is 5.59. The first-order chi connectivity index (χ1) is 15.2. The van der Waals surface area contributed by atoms with E-state index in [1.807, 2.05) is 30.3 Å². The molecule has 7 nitrogen and oxygen atoms in total. The third-order valence-corrected chi connectivity index (χ3v) is 6.31. The standard InChI is InChI=1S/C24H39N5O2.HI/c1-2-25-23(27-15-9-14-26-22(30)21-10-5-3-6-11-21)28-20-24(12-7-4-8-13-24)29-16-18-31-19-17-29;/h3,5-6,10-11H,2,4,7-9,12-20H2,1H3,(H,26,30)(H2,25,27,28);1H. The predicted octanol–water partition coefficient (Wildman–Crippen LogP) is 3.01. The summed E-state index contributed by atoms with van der Waals surface area (Å²) in [5.41, 5.74) is 0.875. The van der Waals surface area contributed by atoms with Gasteiger partial charge < -0.3 is 20.7 Å². The number of rotatable bonds is 9. The molecule has 1 aliphatic carbocycles. The number of hydrogen-bond acceptors (Lipinski definition) is 4. The minimum absolute atomic E-state index is 0. The first-order valence-corrected chi connectivity index (χ1v) is 11.9. The number of ether oxygens (including phenoxy) is 1. The highest BCUT2D eigenvalue weighted by Gasteiger charge is 2.38. The van der Waals surface area contributed by atoms with Crippen LogP contribution in [0.2, 0.25) is 0 Å². The van der Waals surface area contributed by atoms with Crippen molar-refractivity contribution < 1.29 is 9.53 Å². The molecule has 0 spiro atoms. The van der Waals surface area contributed by atoms with Gasteiger partial charge >= 0.3 is 0 Å². The molecule has 2 aliphatic rings. The molecule has 180 valence electrons. The topological polar surface area (TPSA) is 78.0 Å². The SMILES string of the molecule is CCNC(=NCC1(N2CCOCC2)CCCCC1)NCCCNC(=O)c1ccccc1.I. The summed E-state index contributed by atoms with van der Waals surface area (Å²) in [6.45, 7) is 8.85. The summed E-state index contributed by atoms with van der Waals surface area (Å²) in [6, 6.07) is 9.34. The van der Waals surface area contributed by atoms with Crippen LogP contribution < -0.4 is 16.0 Å². The summed E-state index contributed by atoms with van der Waals surface area (Å²) in [7, 11) is 0. The Morgan fingerprint density at radius 2 is 1.72 bits per heavy atom. The number of benzene rings is 1. The molecule has 3 rings (SSSR count). The number of halogens is 1. The summed E-state index contributed by atoms with van der Waals surface area (Å²) in [6.07, 6.45) is 7.21. The van der Waals surface area contributed by atoms with Crippen molar-refractivity contribution in [2.75, 3.05) is 52.5 Å². The van der Waals surface area contributed by atoms with E-state index in [0.29, 0.717) is 12.1 Å². The van der Waals surface area contributed by atoms with Gasteiger partial charge in [-0.1, -0.05) is 37.5 Å². The average molecular weight is 558 g/mol. The van der Waals surface area contributed by atoms with Crippen molar-refractivity contribution >= 4 is 35.8 Å². The van der Waals surface area contributed by atoms with Gasteiger partial charge in [-0.25, -0.2) is 0 Å². The fourth-order valence-electron chi connectivity index (χ4n) is 4.58. The van der Waals surface area contributed by atoms with E-state index in [4.69, 9.17) is 9.73 Å². The lowest BCUT2D eigenvalue weighted by atomic mass is 9.80. The molecule has 0 unspecified atom stereocenters. The fourth-order valence-corrected chi connectivity index (χ4v) is 4.58. The van der Waals surface area contributed by atoms with E-state index in [-0.39, 0.29) is 35.4 Å². The van der Waals surface area contributed by atoms with Crippen LogP contribution in [0.15, 0.2) is 35.3 Å². The maximum atomic E-state index is 12.1. The van der Waals surface area contributed by atoms with Gasteiger partial charge in [-0.15, -0.1) is 24.0 Å². The highest BCUT2D eigenvalue weighted by Crippen LogP contribution is 2.34. The smallest absolute Gasteiger partial charge is 0.251 e. The molecule has 0 atom stereocenters. The van der Waals surface area contributed by atoms with Crippen LogP contribution in [-0.4, -0.2) is 74.8 Å². The largest absolute Gasteiger partial charge is 0.379 e. The number of nitrogens with one attached hydrogen (secondary N) is 3. The Balaban J connectivity index is 0.00000363. The van der Waals surface area contributed by atoms with Gasteiger partial charge in [0, 0.05) is 43.8 Å². The number of carbonyl (C=O) groups excluding carboxylic acids is 1. The summed E-state index contributed by atoms with van der Waals surface area (Å²) in [5.74, 6) is 0.848. The van der Waals surface area contributed by atoms with Gasteiger partial charge in [0.1, 0.15) is 0 Å². The third-order valence-electron chi connectivity index (χ3n) is 6.31. The molecule has 0 radical (unpaired) electrons. The number of carbonyl (C=O) groups is 1. The van der Waals surface area contributed by atoms with Gasteiger partial charge in [0.25, 0.3) is 5.91 Å². The molecule has 1 aromatic rings. The van der Waals surface area contributed by atoms with Crippen LogP contribution in [0.1, 0.15) is 55.8 Å². The number of amides is 1. The highest BCUT2D eigenvalue weighted by atomic mass is 127. The van der Waals surface area contributed by atoms with Crippen LogP contribution in [0.25, 0.3) is 0 Å². The second-order valence-electron chi connectivity index (χ2n) is 8.48. The Hall–Kier alpha value is -1.39. The number of hydrogen-bond donors (Lipinski definition) is 3. The number of guanidine groups is 1. The molecule has 32 heavy (non-hydrogen) atoms. The van der Waals surface area contributed by atoms with Crippen molar-refractivity contribution in [3.63, 3.8) is 0 Å². The molecule has 1 heterocycles. The minimum atomic E-state index is -0.0223. The molecular weight excluding hydrogens is 517 g/mol. The maximum absolute atomic E-state index is 12.1. The number of morpholine rings is 1. The summed E-state index contributed by atoms with van der Waals surface area (Å²) in [5, 5.41) is 9.79. The van der Waals surface area contributed by atoms with Gasteiger partial charge in [-0.3, -0.25) is 14.7 Å². The van der Waals surface area contributed by atoms with E-state index in [1.54, 1.807) is 0 Å². The molecule has 1 amide bonds. The molecular formula is C24H40IN5O2. The zero-order valence-corrected chi connectivity index (χ0v) is 21.7. The van der Waals surface area contributed by atoms with Crippen LogP contribution in [0.4, 0.5) is 0 Å². The Labute approximate surface area is 210 Å². The Kier molecular flexibility index (Phi) is 12.3. The second-order valence-corrected chi connectivity index (χ2v) is 8.48. The van der Waals surface area contributed by atoms with E-state index >= 15 is 0 Å². The van der Waals surface area contributed by atoms with Crippen molar-refractivity contribution in [1.29, 1.82) is 0 Å². The van der Waals surface area contributed by atoms with Crippen molar-refractivity contribution in [3.8, 4) is 0 Å². The van der Waals surface area contributed by atoms with Crippen LogP contribution >= 0.6 is 24.0 Å². The quantitative estimate of drug-likeness (QED) is 0.188. The van der Waals surface area contributed by atoms with Crippen molar-refractivity contribution in [2.24, 2.45) is 4.99 Å². The monoisotopic (exact) mass is 557 g/mol.